The van der Waals surface area contributed by atoms with Crippen LogP contribution in [0.25, 0.3) is 0 Å². The quantitative estimate of drug-likeness (QED) is 0.863. The number of nitrogens with zero attached hydrogens (tertiary/aromatic N) is 4. The van der Waals surface area contributed by atoms with Gasteiger partial charge in [0.15, 0.2) is 0 Å². The molecule has 1 N–H and O–H groups in total. The first kappa shape index (κ1) is 18.1. The Kier molecular flexibility index (Phi) is 5.88. The number of amides is 1. The minimum absolute atomic E-state index is 0.0511. The van der Waals surface area contributed by atoms with E-state index in [1.165, 1.54) is 11.5 Å². The van der Waals surface area contributed by atoms with Gasteiger partial charge in [0, 0.05) is 49.3 Å². The van der Waals surface area contributed by atoms with Gasteiger partial charge in [-0.05, 0) is 31.5 Å². The van der Waals surface area contributed by atoms with Crippen molar-refractivity contribution in [1.82, 2.24) is 19.6 Å². The minimum Gasteiger partial charge on any atom is -0.351 e. The van der Waals surface area contributed by atoms with Gasteiger partial charge in [-0.3, -0.25) is 9.69 Å². The van der Waals surface area contributed by atoms with Gasteiger partial charge in [-0.15, -0.1) is 0 Å². The third-order valence-electron chi connectivity index (χ3n) is 4.41. The maximum atomic E-state index is 12.4. The zero-order valence-corrected chi connectivity index (χ0v) is 16.0. The van der Waals surface area contributed by atoms with Crippen molar-refractivity contribution >= 4 is 34.2 Å². The van der Waals surface area contributed by atoms with Crippen molar-refractivity contribution in [3.05, 3.63) is 40.7 Å². The van der Waals surface area contributed by atoms with Crippen LogP contribution in [0.4, 0.5) is 5.13 Å². The van der Waals surface area contributed by atoms with Crippen molar-refractivity contribution in [3.63, 3.8) is 0 Å². The fourth-order valence-electron chi connectivity index (χ4n) is 2.82. The first-order valence-electron chi connectivity index (χ1n) is 8.34. The summed E-state index contributed by atoms with van der Waals surface area (Å²) in [4.78, 5) is 21.3. The summed E-state index contributed by atoms with van der Waals surface area (Å²) in [6, 6.07) is 7.37. The molecule has 0 spiro atoms. The van der Waals surface area contributed by atoms with Gasteiger partial charge in [0.1, 0.15) is 5.82 Å². The Bertz CT molecular complexity index is 712. The van der Waals surface area contributed by atoms with Crippen LogP contribution < -0.4 is 10.2 Å². The molecule has 3 rings (SSSR count). The zero-order valence-electron chi connectivity index (χ0n) is 14.4. The molecule has 0 aliphatic carbocycles. The summed E-state index contributed by atoms with van der Waals surface area (Å²) in [7, 11) is 0. The van der Waals surface area contributed by atoms with Gasteiger partial charge in [0.05, 0.1) is 6.04 Å². The number of aryl methyl sites for hydroxylation is 1. The standard InChI is InChI=1S/C17H22ClN5OS/c1-12(16(24)19-11-14-3-5-15(18)6-4-14)22-7-9-23(10-8-22)17-20-13(2)21-25-17/h3-6,12H,7-11H2,1-2H3,(H,19,24)/t12-/m1/s1. The number of piperazine rings is 1. The number of hydrogen-bond acceptors (Lipinski definition) is 6. The van der Waals surface area contributed by atoms with Crippen LogP contribution in [-0.2, 0) is 11.3 Å². The molecule has 1 amide bonds. The molecule has 1 atom stereocenters. The zero-order chi connectivity index (χ0) is 17.8. The summed E-state index contributed by atoms with van der Waals surface area (Å²) in [5.74, 6) is 0.868. The van der Waals surface area contributed by atoms with Gasteiger partial charge >= 0.3 is 0 Å². The molecule has 1 saturated heterocycles. The van der Waals surface area contributed by atoms with Crippen LogP contribution in [0.2, 0.25) is 5.02 Å². The third-order valence-corrected chi connectivity index (χ3v) is 5.53. The fraction of sp³-hybridized carbons (Fsp3) is 0.471. The molecule has 1 aliphatic heterocycles. The van der Waals surface area contributed by atoms with Crippen LogP contribution in [0, 0.1) is 6.92 Å². The number of rotatable bonds is 5. The number of anilines is 1. The van der Waals surface area contributed by atoms with Gasteiger partial charge in [-0.2, -0.15) is 4.37 Å². The van der Waals surface area contributed by atoms with Crippen LogP contribution >= 0.6 is 23.1 Å². The molecule has 1 fully saturated rings. The van der Waals surface area contributed by atoms with Crippen molar-refractivity contribution in [1.29, 1.82) is 0 Å². The average molecular weight is 380 g/mol. The van der Waals surface area contributed by atoms with E-state index in [2.05, 4.69) is 24.5 Å². The molecule has 1 aliphatic rings. The summed E-state index contributed by atoms with van der Waals surface area (Å²) < 4.78 is 4.24. The molecule has 134 valence electrons. The van der Waals surface area contributed by atoms with E-state index in [0.29, 0.717) is 11.6 Å². The maximum absolute atomic E-state index is 12.4. The van der Waals surface area contributed by atoms with E-state index in [4.69, 9.17) is 11.6 Å². The first-order chi connectivity index (χ1) is 12.0. The molecular weight excluding hydrogens is 358 g/mol. The Morgan fingerprint density at radius 2 is 1.96 bits per heavy atom. The third kappa shape index (κ3) is 4.68. The van der Waals surface area contributed by atoms with Crippen LogP contribution in [0.15, 0.2) is 24.3 Å². The summed E-state index contributed by atoms with van der Waals surface area (Å²) >= 11 is 7.31. The van der Waals surface area contributed by atoms with Gasteiger partial charge in [0.25, 0.3) is 0 Å². The van der Waals surface area contributed by atoms with Crippen molar-refractivity contribution < 1.29 is 4.79 Å². The number of carbonyl (C=O) groups is 1. The highest BCUT2D eigenvalue weighted by Crippen LogP contribution is 2.19. The van der Waals surface area contributed by atoms with E-state index >= 15 is 0 Å². The SMILES string of the molecule is Cc1nsc(N2CCN([C@H](C)C(=O)NCc3ccc(Cl)cc3)CC2)n1. The topological polar surface area (TPSA) is 61.4 Å². The minimum atomic E-state index is -0.148. The fourth-order valence-corrected chi connectivity index (χ4v) is 3.67. The predicted molar refractivity (Wildman–Crippen MR) is 101 cm³/mol. The molecule has 6 nitrogen and oxygen atoms in total. The van der Waals surface area contributed by atoms with E-state index in [1.54, 1.807) is 0 Å². The van der Waals surface area contributed by atoms with Gasteiger partial charge < -0.3 is 10.2 Å². The average Bonchev–Trinajstić information content (AvgIpc) is 3.07. The molecule has 2 aromatic rings. The van der Waals surface area contributed by atoms with Crippen molar-refractivity contribution in [2.45, 2.75) is 26.4 Å². The van der Waals surface area contributed by atoms with E-state index in [1.807, 2.05) is 38.1 Å². The second-order valence-electron chi connectivity index (χ2n) is 6.17. The first-order valence-corrected chi connectivity index (χ1v) is 9.49. The summed E-state index contributed by atoms with van der Waals surface area (Å²) in [6.07, 6.45) is 0. The lowest BCUT2D eigenvalue weighted by atomic mass is 10.2. The highest BCUT2D eigenvalue weighted by molar-refractivity contribution is 7.09. The molecule has 0 saturated carbocycles. The van der Waals surface area contributed by atoms with Crippen LogP contribution in [0.3, 0.4) is 0 Å². The number of benzene rings is 1. The number of carbonyl (C=O) groups excluding carboxylic acids is 1. The molecular formula is C17H22ClN5OS. The normalized spacial score (nSPS) is 16.7. The maximum Gasteiger partial charge on any atom is 0.237 e. The lowest BCUT2D eigenvalue weighted by Crippen LogP contribution is -2.53. The number of halogens is 1. The number of nitrogens with one attached hydrogen (secondary N) is 1. The number of hydrogen-bond donors (Lipinski definition) is 1. The van der Waals surface area contributed by atoms with Crippen molar-refractivity contribution in [2.24, 2.45) is 0 Å². The molecule has 25 heavy (non-hydrogen) atoms. The molecule has 2 heterocycles. The Balaban J connectivity index is 1.47. The van der Waals surface area contributed by atoms with Gasteiger partial charge in [-0.1, -0.05) is 23.7 Å². The van der Waals surface area contributed by atoms with E-state index in [0.717, 1.165) is 42.7 Å². The lowest BCUT2D eigenvalue weighted by molar-refractivity contribution is -0.126. The smallest absolute Gasteiger partial charge is 0.237 e. The Labute approximate surface area is 157 Å². The van der Waals surface area contributed by atoms with Crippen LogP contribution in [-0.4, -0.2) is 52.4 Å². The van der Waals surface area contributed by atoms with Crippen molar-refractivity contribution in [3.8, 4) is 0 Å². The monoisotopic (exact) mass is 379 g/mol. The molecule has 0 radical (unpaired) electrons. The highest BCUT2D eigenvalue weighted by atomic mass is 35.5. The Morgan fingerprint density at radius 3 is 2.56 bits per heavy atom. The molecule has 0 bridgehead atoms. The largest absolute Gasteiger partial charge is 0.351 e. The summed E-state index contributed by atoms with van der Waals surface area (Å²) in [5, 5.41) is 4.67. The van der Waals surface area contributed by atoms with Crippen LogP contribution in [0.5, 0.6) is 0 Å². The van der Waals surface area contributed by atoms with E-state index in [-0.39, 0.29) is 11.9 Å². The molecule has 1 aromatic carbocycles. The molecule has 8 heteroatoms. The highest BCUT2D eigenvalue weighted by Gasteiger charge is 2.26. The van der Waals surface area contributed by atoms with Gasteiger partial charge in [0.2, 0.25) is 11.0 Å². The second kappa shape index (κ2) is 8.12. The number of aromatic nitrogens is 2. The molecule has 1 aromatic heterocycles. The molecule has 0 unspecified atom stereocenters. The Hall–Kier alpha value is -1.70. The summed E-state index contributed by atoms with van der Waals surface area (Å²) in [5.41, 5.74) is 1.04. The Morgan fingerprint density at radius 1 is 1.28 bits per heavy atom. The predicted octanol–water partition coefficient (Wildman–Crippen LogP) is 2.33. The lowest BCUT2D eigenvalue weighted by Gasteiger charge is -2.37. The second-order valence-corrected chi connectivity index (χ2v) is 7.33. The van der Waals surface area contributed by atoms with Gasteiger partial charge in [-0.25, -0.2) is 4.98 Å². The van der Waals surface area contributed by atoms with Crippen molar-refractivity contribution in [2.75, 3.05) is 31.1 Å². The van der Waals surface area contributed by atoms with Crippen LogP contribution in [0.1, 0.15) is 18.3 Å². The van der Waals surface area contributed by atoms with E-state index < -0.39 is 0 Å². The summed E-state index contributed by atoms with van der Waals surface area (Å²) in [6.45, 7) is 7.80. The van der Waals surface area contributed by atoms with E-state index in [9.17, 15) is 4.79 Å².